The predicted octanol–water partition coefficient (Wildman–Crippen LogP) is 16.6. The molecule has 13 rings (SSSR count). The maximum atomic E-state index is 5.02. The molecule has 63 heavy (non-hydrogen) atoms. The number of nitrogens with zero attached hydrogens (tertiary/aromatic N) is 3. The lowest BCUT2D eigenvalue weighted by Gasteiger charge is -2.09. The number of para-hydroxylation sites is 2. The van der Waals surface area contributed by atoms with Gasteiger partial charge < -0.3 is 4.57 Å². The van der Waals surface area contributed by atoms with E-state index in [4.69, 9.17) is 9.97 Å². The van der Waals surface area contributed by atoms with E-state index in [1.807, 2.05) is 11.3 Å². The van der Waals surface area contributed by atoms with Crippen molar-refractivity contribution in [2.24, 2.45) is 0 Å². The first-order valence-corrected chi connectivity index (χ1v) is 22.8. The number of hydrogen-bond donors (Lipinski definition) is 0. The van der Waals surface area contributed by atoms with E-state index in [0.717, 1.165) is 26.9 Å². The van der Waals surface area contributed by atoms with Crippen LogP contribution in [0.3, 0.4) is 0 Å². The first-order chi connectivity index (χ1) is 31.2. The van der Waals surface area contributed by atoms with E-state index in [0.29, 0.717) is 0 Å². The van der Waals surface area contributed by atoms with Gasteiger partial charge in [0, 0.05) is 52.3 Å². The van der Waals surface area contributed by atoms with Crippen molar-refractivity contribution in [3.05, 3.63) is 213 Å². The zero-order valence-corrected chi connectivity index (χ0v) is 35.5. The van der Waals surface area contributed by atoms with E-state index < -0.39 is 0 Å². The minimum absolute atomic E-state index is 0.983. The molecule has 0 atom stereocenters. The van der Waals surface area contributed by atoms with Crippen LogP contribution >= 0.6 is 22.7 Å². The highest BCUT2D eigenvalue weighted by atomic mass is 32.1. The first kappa shape index (κ1) is 36.0. The normalized spacial score (nSPS) is 11.8. The van der Waals surface area contributed by atoms with Crippen LogP contribution in [0, 0.1) is 0 Å². The van der Waals surface area contributed by atoms with Crippen molar-refractivity contribution in [3.8, 4) is 61.5 Å². The molecule has 294 valence electrons. The SMILES string of the molecule is c1ccc(-c2ccc(-c3ccc4sc5c(-c6cccc7sc8ccc(-c9cccc(-c%10ccc%11c(c%10)c%10ccccc%10n%11-c%10ccccc%10)c9)cc8c67)ncnc5c4c3)cc2)cc1. The second-order valence-corrected chi connectivity index (χ2v) is 18.3. The quantitative estimate of drug-likeness (QED) is 0.167. The molecule has 0 aliphatic carbocycles. The van der Waals surface area contributed by atoms with Gasteiger partial charge in [-0.25, -0.2) is 9.97 Å². The standard InChI is InChI=1S/C58H35N3S2/c1-3-11-36(12-4-1)37-21-23-38(24-22-37)41-26-30-53-49(34-41)57-58(63-53)56(59-35-60-57)46-18-10-20-54-55(46)48-33-43(27-29-52(48)62-54)40-14-9-13-39(31-40)42-25-28-51-47(32-42)45-17-7-8-19-50(45)61(51)44-15-5-2-6-16-44/h1-35H. The van der Waals surface area contributed by atoms with Crippen molar-refractivity contribution in [2.75, 3.05) is 0 Å². The summed E-state index contributed by atoms with van der Waals surface area (Å²) < 4.78 is 7.22. The van der Waals surface area contributed by atoms with Crippen molar-refractivity contribution in [3.63, 3.8) is 0 Å². The molecule has 5 heteroatoms. The second-order valence-electron chi connectivity index (χ2n) is 16.1. The Labute approximate surface area is 371 Å². The summed E-state index contributed by atoms with van der Waals surface area (Å²) in [6, 6.07) is 75.0. The minimum Gasteiger partial charge on any atom is -0.309 e. The molecule has 0 bridgehead atoms. The van der Waals surface area contributed by atoms with E-state index in [1.165, 1.54) is 96.9 Å². The summed E-state index contributed by atoms with van der Waals surface area (Å²) in [7, 11) is 0. The smallest absolute Gasteiger partial charge is 0.116 e. The molecule has 0 amide bonds. The number of hydrogen-bond acceptors (Lipinski definition) is 4. The summed E-state index contributed by atoms with van der Waals surface area (Å²) in [5.74, 6) is 0. The fraction of sp³-hybridized carbons (Fsp3) is 0. The number of thiophene rings is 2. The lowest BCUT2D eigenvalue weighted by molar-refractivity contribution is 1.18. The summed E-state index contributed by atoms with van der Waals surface area (Å²) in [4.78, 5) is 9.92. The summed E-state index contributed by atoms with van der Waals surface area (Å²) in [6.45, 7) is 0. The van der Waals surface area contributed by atoms with Gasteiger partial charge in [-0.3, -0.25) is 0 Å². The van der Waals surface area contributed by atoms with Gasteiger partial charge in [0.15, 0.2) is 0 Å². The monoisotopic (exact) mass is 837 g/mol. The number of aromatic nitrogens is 3. The van der Waals surface area contributed by atoms with E-state index in [2.05, 4.69) is 211 Å². The number of fused-ring (bicyclic) bond motifs is 9. The summed E-state index contributed by atoms with van der Waals surface area (Å²) in [5, 5.41) is 6.16. The molecule has 0 fully saturated rings. The molecule has 0 aliphatic rings. The summed E-state index contributed by atoms with van der Waals surface area (Å²) in [5.41, 5.74) is 16.3. The Balaban J connectivity index is 0.888. The topological polar surface area (TPSA) is 30.7 Å². The molecular weight excluding hydrogens is 803 g/mol. The van der Waals surface area contributed by atoms with Crippen LogP contribution in [0.15, 0.2) is 213 Å². The van der Waals surface area contributed by atoms with Crippen molar-refractivity contribution < 1.29 is 0 Å². The average molecular weight is 838 g/mol. The third-order valence-corrected chi connectivity index (χ3v) is 14.8. The third-order valence-electron chi connectivity index (χ3n) is 12.5. The third kappa shape index (κ3) is 5.93. The molecule has 0 saturated heterocycles. The molecule has 0 saturated carbocycles. The number of benzene rings is 9. The molecule has 3 nitrogen and oxygen atoms in total. The Morgan fingerprint density at radius 2 is 0.905 bits per heavy atom. The Morgan fingerprint density at radius 1 is 0.349 bits per heavy atom. The van der Waals surface area contributed by atoms with Crippen LogP contribution < -0.4 is 0 Å². The van der Waals surface area contributed by atoms with Crippen LogP contribution in [0.4, 0.5) is 0 Å². The fourth-order valence-corrected chi connectivity index (χ4v) is 11.8. The van der Waals surface area contributed by atoms with Crippen LogP contribution in [0.2, 0.25) is 0 Å². The highest BCUT2D eigenvalue weighted by Crippen LogP contribution is 2.46. The lowest BCUT2D eigenvalue weighted by atomic mass is 9.96. The van der Waals surface area contributed by atoms with Crippen LogP contribution in [0.1, 0.15) is 0 Å². The van der Waals surface area contributed by atoms with Gasteiger partial charge in [0.25, 0.3) is 0 Å². The fourth-order valence-electron chi connectivity index (χ4n) is 9.52. The van der Waals surface area contributed by atoms with Gasteiger partial charge >= 0.3 is 0 Å². The maximum absolute atomic E-state index is 5.02. The molecule has 4 aromatic heterocycles. The van der Waals surface area contributed by atoms with Gasteiger partial charge in [0.05, 0.1) is 26.9 Å². The van der Waals surface area contributed by atoms with Crippen molar-refractivity contribution in [1.82, 2.24) is 14.5 Å². The zero-order valence-electron chi connectivity index (χ0n) is 33.9. The highest BCUT2D eigenvalue weighted by molar-refractivity contribution is 7.26. The highest BCUT2D eigenvalue weighted by Gasteiger charge is 2.19. The van der Waals surface area contributed by atoms with E-state index >= 15 is 0 Å². The van der Waals surface area contributed by atoms with Gasteiger partial charge in [-0.1, -0.05) is 140 Å². The molecule has 4 heterocycles. The van der Waals surface area contributed by atoms with Gasteiger partial charge in [-0.15, -0.1) is 22.7 Å². The van der Waals surface area contributed by atoms with E-state index in [1.54, 1.807) is 17.7 Å². The molecule has 0 aliphatic heterocycles. The molecule has 0 N–H and O–H groups in total. The van der Waals surface area contributed by atoms with Crippen LogP contribution in [0.5, 0.6) is 0 Å². The molecule has 13 aromatic rings. The minimum atomic E-state index is 0.983. The Morgan fingerprint density at radius 3 is 1.70 bits per heavy atom. The van der Waals surface area contributed by atoms with Gasteiger partial charge in [0.2, 0.25) is 0 Å². The molecule has 0 spiro atoms. The van der Waals surface area contributed by atoms with Crippen LogP contribution in [-0.2, 0) is 0 Å². The van der Waals surface area contributed by atoms with Crippen LogP contribution in [0.25, 0.3) is 124 Å². The second kappa shape index (κ2) is 14.5. The summed E-state index contributed by atoms with van der Waals surface area (Å²) >= 11 is 3.63. The average Bonchev–Trinajstić information content (AvgIpc) is 4.03. The first-order valence-electron chi connectivity index (χ1n) is 21.2. The van der Waals surface area contributed by atoms with Crippen molar-refractivity contribution in [1.29, 1.82) is 0 Å². The van der Waals surface area contributed by atoms with Gasteiger partial charge in [-0.2, -0.15) is 0 Å². The largest absolute Gasteiger partial charge is 0.309 e. The van der Waals surface area contributed by atoms with E-state index in [9.17, 15) is 0 Å². The van der Waals surface area contributed by atoms with Gasteiger partial charge in [0.1, 0.15) is 6.33 Å². The van der Waals surface area contributed by atoms with Crippen molar-refractivity contribution >= 4 is 85.0 Å². The lowest BCUT2D eigenvalue weighted by Crippen LogP contribution is -1.92. The molecule has 0 radical (unpaired) electrons. The molecule has 0 unspecified atom stereocenters. The zero-order chi connectivity index (χ0) is 41.4. The van der Waals surface area contributed by atoms with E-state index in [-0.39, 0.29) is 0 Å². The maximum Gasteiger partial charge on any atom is 0.116 e. The Kier molecular flexibility index (Phi) is 8.26. The van der Waals surface area contributed by atoms with Gasteiger partial charge in [-0.05, 0) is 111 Å². The van der Waals surface area contributed by atoms with Crippen molar-refractivity contribution in [2.45, 2.75) is 0 Å². The Bertz CT molecular complexity index is 3900. The molecular formula is C58H35N3S2. The number of rotatable bonds is 6. The van der Waals surface area contributed by atoms with Crippen LogP contribution in [-0.4, -0.2) is 14.5 Å². The Hall–Kier alpha value is -7.70. The molecule has 9 aromatic carbocycles. The summed E-state index contributed by atoms with van der Waals surface area (Å²) in [6.07, 6.45) is 1.74. The predicted molar refractivity (Wildman–Crippen MR) is 269 cm³/mol.